The Morgan fingerprint density at radius 1 is 1.33 bits per heavy atom. The average Bonchev–Trinajstić information content (AvgIpc) is 2.70. The fourth-order valence-electron chi connectivity index (χ4n) is 2.09. The van der Waals surface area contributed by atoms with Crippen molar-refractivity contribution in [3.63, 3.8) is 0 Å². The summed E-state index contributed by atoms with van der Waals surface area (Å²) in [5.41, 5.74) is 1.53. The Balaban J connectivity index is 2.24. The summed E-state index contributed by atoms with van der Waals surface area (Å²) < 4.78 is 6.94. The number of para-hydroxylation sites is 2. The van der Waals surface area contributed by atoms with Crippen LogP contribution in [0.4, 0.5) is 0 Å². The lowest BCUT2D eigenvalue weighted by atomic mass is 10.2. The van der Waals surface area contributed by atoms with Crippen LogP contribution in [0.2, 0.25) is 0 Å². The van der Waals surface area contributed by atoms with Crippen LogP contribution < -0.4 is 11.1 Å². The molecule has 1 aromatic carbocycles. The molecule has 2 rings (SSSR count). The number of hydrogen-bond donors (Lipinski definition) is 1. The Hall–Kier alpha value is -1.55. The molecule has 0 spiro atoms. The summed E-state index contributed by atoms with van der Waals surface area (Å²) in [6, 6.07) is 7.86. The summed E-state index contributed by atoms with van der Waals surface area (Å²) in [5.74, 6) is -0.270. The van der Waals surface area contributed by atoms with Crippen molar-refractivity contribution in [3.8, 4) is 0 Å². The third-order valence-electron chi connectivity index (χ3n) is 3.15. The van der Waals surface area contributed by atoms with Gasteiger partial charge in [-0.2, -0.15) is 0 Å². The lowest BCUT2D eigenvalue weighted by Crippen LogP contribution is -2.35. The molecule has 2 aromatic rings. The van der Waals surface area contributed by atoms with Gasteiger partial charge < -0.3 is 9.73 Å². The van der Waals surface area contributed by atoms with Crippen LogP contribution in [-0.4, -0.2) is 17.2 Å². The second-order valence-electron chi connectivity index (χ2n) is 4.51. The van der Waals surface area contributed by atoms with Crippen LogP contribution in [0.5, 0.6) is 0 Å². The predicted octanol–water partition coefficient (Wildman–Crippen LogP) is 2.37. The standard InChI is InChI=1S/C14H20N2O2/c1-3-9-15-11(4-2)10-16-12-7-5-6-8-13(12)18-14(16)17/h5-8,11,15H,3-4,9-10H2,1-2H3. The second-order valence-corrected chi connectivity index (χ2v) is 4.51. The topological polar surface area (TPSA) is 47.2 Å². The highest BCUT2D eigenvalue weighted by atomic mass is 16.4. The maximum Gasteiger partial charge on any atom is 0.420 e. The van der Waals surface area contributed by atoms with Crippen molar-refractivity contribution in [1.29, 1.82) is 0 Å². The first-order valence-electron chi connectivity index (χ1n) is 6.58. The van der Waals surface area contributed by atoms with Crippen LogP contribution in [-0.2, 0) is 6.54 Å². The zero-order valence-electron chi connectivity index (χ0n) is 11.0. The van der Waals surface area contributed by atoms with Gasteiger partial charge in [-0.1, -0.05) is 26.0 Å². The van der Waals surface area contributed by atoms with Crippen molar-refractivity contribution in [2.75, 3.05) is 6.54 Å². The zero-order valence-corrected chi connectivity index (χ0v) is 11.0. The number of fused-ring (bicyclic) bond motifs is 1. The van der Waals surface area contributed by atoms with Gasteiger partial charge in [0.05, 0.1) is 5.52 Å². The van der Waals surface area contributed by atoms with E-state index in [1.165, 1.54) is 0 Å². The molecule has 0 fully saturated rings. The molecule has 1 aromatic heterocycles. The number of oxazole rings is 1. The average molecular weight is 248 g/mol. The van der Waals surface area contributed by atoms with Gasteiger partial charge in [0.2, 0.25) is 0 Å². The van der Waals surface area contributed by atoms with Gasteiger partial charge in [-0.15, -0.1) is 0 Å². The van der Waals surface area contributed by atoms with Gasteiger partial charge in [-0.3, -0.25) is 4.57 Å². The van der Waals surface area contributed by atoms with E-state index in [0.29, 0.717) is 18.2 Å². The molecule has 0 amide bonds. The van der Waals surface area contributed by atoms with Crippen LogP contribution in [0.1, 0.15) is 26.7 Å². The van der Waals surface area contributed by atoms with Gasteiger partial charge in [0.1, 0.15) is 0 Å². The van der Waals surface area contributed by atoms with E-state index in [0.717, 1.165) is 24.9 Å². The molecule has 98 valence electrons. The lowest BCUT2D eigenvalue weighted by Gasteiger charge is -2.16. The third kappa shape index (κ3) is 2.64. The first kappa shape index (κ1) is 12.9. The number of rotatable bonds is 6. The van der Waals surface area contributed by atoms with E-state index in [4.69, 9.17) is 4.42 Å². The second kappa shape index (κ2) is 5.87. The molecular formula is C14H20N2O2. The Kier molecular flexibility index (Phi) is 4.20. The molecule has 1 atom stereocenters. The summed E-state index contributed by atoms with van der Waals surface area (Å²) in [6.07, 6.45) is 2.09. The van der Waals surface area contributed by atoms with Crippen molar-refractivity contribution in [1.82, 2.24) is 9.88 Å². The molecule has 0 saturated heterocycles. The Bertz CT molecular complexity index is 556. The van der Waals surface area contributed by atoms with E-state index >= 15 is 0 Å². The third-order valence-corrected chi connectivity index (χ3v) is 3.15. The largest absolute Gasteiger partial charge is 0.420 e. The predicted molar refractivity (Wildman–Crippen MR) is 72.8 cm³/mol. The molecule has 0 saturated carbocycles. The molecule has 0 aliphatic heterocycles. The lowest BCUT2D eigenvalue weighted by molar-refractivity contribution is 0.413. The molecule has 0 bridgehead atoms. The Labute approximate surface area is 107 Å². The fraction of sp³-hybridized carbons (Fsp3) is 0.500. The molecule has 18 heavy (non-hydrogen) atoms. The first-order valence-corrected chi connectivity index (χ1v) is 6.58. The molecular weight excluding hydrogens is 228 g/mol. The normalized spacial score (nSPS) is 13.0. The van der Waals surface area contributed by atoms with Gasteiger partial charge >= 0.3 is 5.76 Å². The molecule has 1 unspecified atom stereocenters. The van der Waals surface area contributed by atoms with Crippen molar-refractivity contribution in [3.05, 3.63) is 34.8 Å². The first-order chi connectivity index (χ1) is 8.76. The minimum Gasteiger partial charge on any atom is -0.408 e. The Morgan fingerprint density at radius 3 is 2.83 bits per heavy atom. The summed E-state index contributed by atoms with van der Waals surface area (Å²) >= 11 is 0. The number of benzene rings is 1. The van der Waals surface area contributed by atoms with Crippen LogP contribution in [0.3, 0.4) is 0 Å². The van der Waals surface area contributed by atoms with Gasteiger partial charge in [-0.25, -0.2) is 4.79 Å². The van der Waals surface area contributed by atoms with Crippen LogP contribution in [0.25, 0.3) is 11.1 Å². The summed E-state index contributed by atoms with van der Waals surface area (Å²) in [5, 5.41) is 3.45. The molecule has 4 heteroatoms. The molecule has 0 radical (unpaired) electrons. The quantitative estimate of drug-likeness (QED) is 0.853. The van der Waals surface area contributed by atoms with Crippen LogP contribution >= 0.6 is 0 Å². The highest BCUT2D eigenvalue weighted by Crippen LogP contribution is 2.12. The summed E-state index contributed by atoms with van der Waals surface area (Å²) in [4.78, 5) is 11.8. The molecule has 0 aliphatic carbocycles. The van der Waals surface area contributed by atoms with Gasteiger partial charge in [0.25, 0.3) is 0 Å². The molecule has 4 nitrogen and oxygen atoms in total. The van der Waals surface area contributed by atoms with E-state index < -0.39 is 0 Å². The SMILES string of the molecule is CCCNC(CC)Cn1c(=O)oc2ccccc21. The maximum absolute atomic E-state index is 11.8. The van der Waals surface area contributed by atoms with Crippen molar-refractivity contribution in [2.45, 2.75) is 39.3 Å². The molecule has 0 aliphatic rings. The van der Waals surface area contributed by atoms with E-state index in [-0.39, 0.29) is 5.76 Å². The number of hydrogen-bond acceptors (Lipinski definition) is 3. The zero-order chi connectivity index (χ0) is 13.0. The maximum atomic E-state index is 11.8. The minimum atomic E-state index is -0.270. The molecule has 1 N–H and O–H groups in total. The highest BCUT2D eigenvalue weighted by Gasteiger charge is 2.12. The number of nitrogens with one attached hydrogen (secondary N) is 1. The number of aromatic nitrogens is 1. The highest BCUT2D eigenvalue weighted by molar-refractivity contribution is 5.72. The number of nitrogens with zero attached hydrogens (tertiary/aromatic N) is 1. The van der Waals surface area contributed by atoms with E-state index in [1.54, 1.807) is 4.57 Å². The van der Waals surface area contributed by atoms with Crippen molar-refractivity contribution >= 4 is 11.1 Å². The molecule has 1 heterocycles. The van der Waals surface area contributed by atoms with Gasteiger partial charge in [-0.05, 0) is 31.5 Å². The van der Waals surface area contributed by atoms with Crippen molar-refractivity contribution < 1.29 is 4.42 Å². The van der Waals surface area contributed by atoms with Gasteiger partial charge in [0.15, 0.2) is 5.58 Å². The Morgan fingerprint density at radius 2 is 2.11 bits per heavy atom. The van der Waals surface area contributed by atoms with Gasteiger partial charge in [0, 0.05) is 12.6 Å². The van der Waals surface area contributed by atoms with E-state index in [1.807, 2.05) is 24.3 Å². The smallest absolute Gasteiger partial charge is 0.408 e. The van der Waals surface area contributed by atoms with Crippen LogP contribution in [0, 0.1) is 0 Å². The fourth-order valence-corrected chi connectivity index (χ4v) is 2.09. The van der Waals surface area contributed by atoms with Crippen LogP contribution in [0.15, 0.2) is 33.5 Å². The van der Waals surface area contributed by atoms with E-state index in [2.05, 4.69) is 19.2 Å². The summed E-state index contributed by atoms with van der Waals surface area (Å²) in [7, 11) is 0. The minimum absolute atomic E-state index is 0.270. The van der Waals surface area contributed by atoms with Crippen molar-refractivity contribution in [2.24, 2.45) is 0 Å². The van der Waals surface area contributed by atoms with E-state index in [9.17, 15) is 4.79 Å². The monoisotopic (exact) mass is 248 g/mol. The summed E-state index contributed by atoms with van der Waals surface area (Å²) in [6.45, 7) is 5.90.